The van der Waals surface area contributed by atoms with Gasteiger partial charge in [-0.15, -0.1) is 0 Å². The number of hydrogen-bond donors (Lipinski definition) is 7. The van der Waals surface area contributed by atoms with Crippen LogP contribution in [-0.4, -0.2) is 67.0 Å². The first-order chi connectivity index (χ1) is 14.2. The van der Waals surface area contributed by atoms with Gasteiger partial charge in [0.05, 0.1) is 18.2 Å². The van der Waals surface area contributed by atoms with Crippen molar-refractivity contribution in [1.82, 2.24) is 0 Å². The van der Waals surface area contributed by atoms with E-state index in [1.54, 1.807) is 0 Å². The first kappa shape index (κ1) is 20.0. The van der Waals surface area contributed by atoms with Crippen LogP contribution >= 0.6 is 0 Å². The number of aliphatic hydroxyl groups is 3. The van der Waals surface area contributed by atoms with E-state index in [-0.39, 0.29) is 51.9 Å². The van der Waals surface area contributed by atoms with Crippen molar-refractivity contribution >= 4 is 11.0 Å². The number of fused-ring (bicyclic) bond motifs is 1. The van der Waals surface area contributed by atoms with Gasteiger partial charge < -0.3 is 45.2 Å². The Morgan fingerprint density at radius 3 is 2.37 bits per heavy atom. The van der Waals surface area contributed by atoms with Crippen LogP contribution in [0, 0.1) is 0 Å². The summed E-state index contributed by atoms with van der Waals surface area (Å²) in [7, 11) is 0. The second-order valence-corrected chi connectivity index (χ2v) is 6.89. The minimum atomic E-state index is -1.58. The van der Waals surface area contributed by atoms with Gasteiger partial charge in [-0.05, 0) is 12.1 Å². The van der Waals surface area contributed by atoms with E-state index in [1.165, 1.54) is 30.3 Å². The van der Waals surface area contributed by atoms with Crippen LogP contribution in [0.1, 0.15) is 0 Å². The topological polar surface area (TPSA) is 171 Å². The van der Waals surface area contributed by atoms with Gasteiger partial charge in [-0.3, -0.25) is 0 Å². The lowest BCUT2D eigenvalue weighted by Gasteiger charge is -2.34. The third-order valence-electron chi connectivity index (χ3n) is 4.75. The van der Waals surface area contributed by atoms with Crippen LogP contribution in [-0.2, 0) is 4.74 Å². The smallest absolute Gasteiger partial charge is 0.402 e. The lowest BCUT2D eigenvalue weighted by molar-refractivity contribution is -0.242. The van der Waals surface area contributed by atoms with Crippen molar-refractivity contribution in [2.45, 2.75) is 24.6 Å². The molecular formula is C20H19O10+. The number of phenolic OH excluding ortho intramolecular Hbond substituents is 4. The van der Waals surface area contributed by atoms with Crippen LogP contribution < -0.4 is 4.74 Å². The van der Waals surface area contributed by atoms with Gasteiger partial charge in [-0.1, -0.05) is 0 Å². The Bertz CT molecular complexity index is 1100. The fourth-order valence-corrected chi connectivity index (χ4v) is 3.15. The van der Waals surface area contributed by atoms with E-state index >= 15 is 0 Å². The van der Waals surface area contributed by atoms with Gasteiger partial charge in [-0.2, -0.15) is 0 Å². The summed E-state index contributed by atoms with van der Waals surface area (Å²) in [6.07, 6.45) is -5.76. The van der Waals surface area contributed by atoms with Crippen LogP contribution in [0.15, 0.2) is 40.8 Å². The van der Waals surface area contributed by atoms with E-state index in [0.29, 0.717) is 0 Å². The van der Waals surface area contributed by atoms with Gasteiger partial charge in [0.25, 0.3) is 0 Å². The average Bonchev–Trinajstić information content (AvgIpc) is 2.70. The van der Waals surface area contributed by atoms with Crippen molar-refractivity contribution in [1.29, 1.82) is 0 Å². The molecule has 1 aliphatic heterocycles. The molecule has 1 aliphatic rings. The van der Waals surface area contributed by atoms with E-state index in [9.17, 15) is 35.7 Å². The molecule has 2 aromatic carbocycles. The number of benzene rings is 2. The summed E-state index contributed by atoms with van der Waals surface area (Å²) in [4.78, 5) is 0. The molecule has 7 N–H and O–H groups in total. The Balaban J connectivity index is 1.84. The summed E-state index contributed by atoms with van der Waals surface area (Å²) >= 11 is 0. The molecule has 0 radical (unpaired) electrons. The van der Waals surface area contributed by atoms with Crippen molar-refractivity contribution < 1.29 is 49.6 Å². The molecule has 1 saturated heterocycles. The van der Waals surface area contributed by atoms with E-state index in [0.717, 1.165) is 6.07 Å². The molecule has 0 saturated carbocycles. The molecule has 3 aromatic rings. The van der Waals surface area contributed by atoms with Crippen molar-refractivity contribution in [3.63, 3.8) is 0 Å². The third kappa shape index (κ3) is 3.53. The van der Waals surface area contributed by atoms with Crippen molar-refractivity contribution in [2.75, 3.05) is 6.61 Å². The predicted octanol–water partition coefficient (Wildman–Crippen LogP) is 1.02. The lowest BCUT2D eigenvalue weighted by Crippen LogP contribution is -2.54. The molecule has 0 bridgehead atoms. The molecule has 1 fully saturated rings. The summed E-state index contributed by atoms with van der Waals surface area (Å²) in [5.41, 5.74) is 0.346. The van der Waals surface area contributed by atoms with Gasteiger partial charge in [0.1, 0.15) is 35.2 Å². The zero-order valence-electron chi connectivity index (χ0n) is 15.3. The van der Waals surface area contributed by atoms with Crippen molar-refractivity contribution in [3.05, 3.63) is 36.4 Å². The normalized spacial score (nSPS) is 24.1. The number of rotatable bonds is 3. The van der Waals surface area contributed by atoms with Gasteiger partial charge in [-0.25, -0.2) is 4.42 Å². The summed E-state index contributed by atoms with van der Waals surface area (Å²) in [6.45, 7) is -0.290. The number of ether oxygens (including phenoxy) is 2. The van der Waals surface area contributed by atoms with Crippen molar-refractivity contribution in [2.24, 2.45) is 0 Å². The van der Waals surface area contributed by atoms with Crippen LogP contribution in [0.25, 0.3) is 22.3 Å². The number of phenols is 4. The fraction of sp³-hybridized carbons (Fsp3) is 0.250. The quantitative estimate of drug-likeness (QED) is 0.240. The maximum absolute atomic E-state index is 10.2. The molecule has 4 atom stereocenters. The van der Waals surface area contributed by atoms with Crippen molar-refractivity contribution in [3.8, 4) is 40.1 Å². The third-order valence-corrected chi connectivity index (χ3v) is 4.75. The summed E-state index contributed by atoms with van der Waals surface area (Å²) in [5, 5.41) is 69.1. The lowest BCUT2D eigenvalue weighted by atomic mass is 10.1. The maximum atomic E-state index is 10.2. The zero-order chi connectivity index (χ0) is 21.6. The SMILES string of the molecule is Oc1cc(O)c2cc(O[C@@H]3OC[C@@H](O)[C@H](O)[C@@H]3O)c(-c3ccc(O)c(O)c3)[o+]c2c1. The van der Waals surface area contributed by atoms with Gasteiger partial charge in [0.2, 0.25) is 12.0 Å². The maximum Gasteiger partial charge on any atom is 0.402 e. The highest BCUT2D eigenvalue weighted by molar-refractivity contribution is 5.88. The molecule has 158 valence electrons. The summed E-state index contributed by atoms with van der Waals surface area (Å²) in [6, 6.07) is 7.56. The van der Waals surface area contributed by atoms with E-state index in [2.05, 4.69) is 0 Å². The number of aromatic hydroxyl groups is 4. The molecule has 0 amide bonds. The highest BCUT2D eigenvalue weighted by Gasteiger charge is 2.40. The van der Waals surface area contributed by atoms with Gasteiger partial charge in [0, 0.05) is 18.2 Å². The van der Waals surface area contributed by atoms with E-state index in [4.69, 9.17) is 13.9 Å². The Hall–Kier alpha value is -3.31. The monoisotopic (exact) mass is 419 g/mol. The summed E-state index contributed by atoms with van der Waals surface area (Å²) in [5.74, 6) is -1.37. The second-order valence-electron chi connectivity index (χ2n) is 6.89. The molecule has 10 heteroatoms. The molecule has 1 aromatic heterocycles. The second kappa shape index (κ2) is 7.50. The van der Waals surface area contributed by atoms with E-state index < -0.39 is 30.4 Å². The first-order valence-electron chi connectivity index (χ1n) is 8.92. The predicted molar refractivity (Wildman–Crippen MR) is 101 cm³/mol. The molecule has 30 heavy (non-hydrogen) atoms. The van der Waals surface area contributed by atoms with Gasteiger partial charge in [0.15, 0.2) is 11.5 Å². The first-order valence-corrected chi connectivity index (χ1v) is 8.92. The van der Waals surface area contributed by atoms with Crippen LogP contribution in [0.3, 0.4) is 0 Å². The average molecular weight is 419 g/mol. The number of aliphatic hydroxyl groups excluding tert-OH is 3. The Morgan fingerprint density at radius 1 is 0.867 bits per heavy atom. The zero-order valence-corrected chi connectivity index (χ0v) is 15.3. The number of hydrogen-bond acceptors (Lipinski definition) is 9. The highest BCUT2D eigenvalue weighted by atomic mass is 16.7. The molecule has 0 aliphatic carbocycles. The minimum absolute atomic E-state index is 0.0132. The highest BCUT2D eigenvalue weighted by Crippen LogP contribution is 2.41. The van der Waals surface area contributed by atoms with Crippen LogP contribution in [0.5, 0.6) is 28.7 Å². The van der Waals surface area contributed by atoms with E-state index in [1.807, 2.05) is 0 Å². The van der Waals surface area contributed by atoms with Crippen LogP contribution in [0.2, 0.25) is 0 Å². The Morgan fingerprint density at radius 2 is 1.63 bits per heavy atom. The standard InChI is InChI=1S/C20H18O10/c21-9-4-12(23)10-6-16(30-20-18(27)17(26)14(25)7-28-20)19(29-15(10)5-9)8-1-2-11(22)13(24)3-8/h1-6,14,17-18,20,25-27H,7H2,(H3-,21,22,23,24)/p+1/t14-,17+,18+,20+/m1/s1. The van der Waals surface area contributed by atoms with Gasteiger partial charge >= 0.3 is 11.3 Å². The minimum Gasteiger partial charge on any atom is -0.507 e. The Labute approximate surface area is 169 Å². The summed E-state index contributed by atoms with van der Waals surface area (Å²) < 4.78 is 16.7. The molecule has 4 rings (SSSR count). The molecular weight excluding hydrogens is 400 g/mol. The molecule has 0 unspecified atom stereocenters. The fourth-order valence-electron chi connectivity index (χ4n) is 3.15. The molecule has 10 nitrogen and oxygen atoms in total. The molecule has 2 heterocycles. The molecule has 0 spiro atoms. The largest absolute Gasteiger partial charge is 0.507 e. The van der Waals surface area contributed by atoms with Crippen LogP contribution in [0.4, 0.5) is 0 Å². The Kier molecular flexibility index (Phi) is 5.00.